The molecular formula is C14H13N3O2. The number of nitriles is 1. The second-order valence-corrected chi connectivity index (χ2v) is 3.92. The summed E-state index contributed by atoms with van der Waals surface area (Å²) in [4.78, 5) is 12.0. The van der Waals surface area contributed by atoms with Gasteiger partial charge in [-0.3, -0.25) is 4.79 Å². The summed E-state index contributed by atoms with van der Waals surface area (Å²) in [6, 6.07) is 12.1. The van der Waals surface area contributed by atoms with Gasteiger partial charge in [0.25, 0.3) is 5.91 Å². The average molecular weight is 255 g/mol. The van der Waals surface area contributed by atoms with Crippen molar-refractivity contribution in [2.75, 3.05) is 11.9 Å². The summed E-state index contributed by atoms with van der Waals surface area (Å²) < 4.78 is 5.36. The molecule has 5 nitrogen and oxygen atoms in total. The third-order valence-electron chi connectivity index (χ3n) is 2.57. The largest absolute Gasteiger partial charge is 0.456 e. The number of amides is 1. The molecule has 0 spiro atoms. The Kier molecular flexibility index (Phi) is 3.96. The van der Waals surface area contributed by atoms with Gasteiger partial charge in [0.2, 0.25) is 0 Å². The van der Waals surface area contributed by atoms with Crippen LogP contribution in [0.15, 0.2) is 40.8 Å². The van der Waals surface area contributed by atoms with Crippen LogP contribution in [0, 0.1) is 11.3 Å². The standard InChI is InChI=1S/C14H13N3O2/c15-8-7-11-5-6-13(19-11)14(18)17-12-4-2-1-3-10(12)9-16/h1-6H,7-8,15H2,(H,17,18). The minimum atomic E-state index is -0.383. The van der Waals surface area contributed by atoms with Crippen molar-refractivity contribution < 1.29 is 9.21 Å². The van der Waals surface area contributed by atoms with Crippen LogP contribution in [0.2, 0.25) is 0 Å². The fourth-order valence-corrected chi connectivity index (χ4v) is 1.65. The number of carbonyl (C=O) groups is 1. The molecule has 19 heavy (non-hydrogen) atoms. The van der Waals surface area contributed by atoms with Gasteiger partial charge in [-0.15, -0.1) is 0 Å². The first-order valence-electron chi connectivity index (χ1n) is 5.84. The van der Waals surface area contributed by atoms with Gasteiger partial charge in [0, 0.05) is 6.42 Å². The van der Waals surface area contributed by atoms with Gasteiger partial charge in [-0.2, -0.15) is 5.26 Å². The number of rotatable bonds is 4. The van der Waals surface area contributed by atoms with Crippen molar-refractivity contribution in [2.24, 2.45) is 5.73 Å². The maximum absolute atomic E-state index is 12.0. The molecule has 5 heteroatoms. The molecule has 1 aromatic carbocycles. The first-order valence-corrected chi connectivity index (χ1v) is 5.84. The van der Waals surface area contributed by atoms with Crippen molar-refractivity contribution in [3.63, 3.8) is 0 Å². The SMILES string of the molecule is N#Cc1ccccc1NC(=O)c1ccc(CCN)o1. The van der Waals surface area contributed by atoms with E-state index in [1.54, 1.807) is 36.4 Å². The lowest BCUT2D eigenvalue weighted by Crippen LogP contribution is -2.12. The monoisotopic (exact) mass is 255 g/mol. The molecule has 1 heterocycles. The van der Waals surface area contributed by atoms with Gasteiger partial charge in [-0.1, -0.05) is 12.1 Å². The molecule has 0 aliphatic carbocycles. The Bertz CT molecular complexity index is 626. The van der Waals surface area contributed by atoms with Crippen molar-refractivity contribution in [2.45, 2.75) is 6.42 Å². The molecule has 0 saturated heterocycles. The molecule has 1 aromatic heterocycles. The maximum Gasteiger partial charge on any atom is 0.291 e. The van der Waals surface area contributed by atoms with Crippen LogP contribution in [-0.4, -0.2) is 12.5 Å². The lowest BCUT2D eigenvalue weighted by atomic mass is 10.2. The predicted molar refractivity (Wildman–Crippen MR) is 70.6 cm³/mol. The summed E-state index contributed by atoms with van der Waals surface area (Å²) in [6.07, 6.45) is 0.585. The van der Waals surface area contributed by atoms with Crippen LogP contribution in [0.1, 0.15) is 21.9 Å². The topological polar surface area (TPSA) is 92.0 Å². The van der Waals surface area contributed by atoms with Crippen LogP contribution in [-0.2, 0) is 6.42 Å². The third kappa shape index (κ3) is 3.00. The van der Waals surface area contributed by atoms with E-state index in [2.05, 4.69) is 5.32 Å². The van der Waals surface area contributed by atoms with Gasteiger partial charge in [-0.05, 0) is 30.8 Å². The summed E-state index contributed by atoms with van der Waals surface area (Å²) in [5.41, 5.74) is 6.28. The van der Waals surface area contributed by atoms with Crippen molar-refractivity contribution in [1.82, 2.24) is 0 Å². The molecule has 0 bridgehead atoms. The Balaban J connectivity index is 2.14. The number of para-hydroxylation sites is 1. The number of hydrogen-bond donors (Lipinski definition) is 2. The van der Waals surface area contributed by atoms with E-state index in [1.807, 2.05) is 6.07 Å². The second kappa shape index (κ2) is 5.85. The quantitative estimate of drug-likeness (QED) is 0.872. The number of carbonyl (C=O) groups excluding carboxylic acids is 1. The summed E-state index contributed by atoms with van der Waals surface area (Å²) in [6.45, 7) is 0.464. The van der Waals surface area contributed by atoms with Crippen LogP contribution in [0.5, 0.6) is 0 Å². The van der Waals surface area contributed by atoms with Crippen LogP contribution >= 0.6 is 0 Å². The van der Waals surface area contributed by atoms with Crippen LogP contribution < -0.4 is 11.1 Å². The predicted octanol–water partition coefficient (Wildman–Crippen LogP) is 1.90. The van der Waals surface area contributed by atoms with Gasteiger partial charge in [0.05, 0.1) is 11.3 Å². The van der Waals surface area contributed by atoms with Gasteiger partial charge >= 0.3 is 0 Å². The van der Waals surface area contributed by atoms with Gasteiger partial charge < -0.3 is 15.5 Å². The Morgan fingerprint density at radius 3 is 2.84 bits per heavy atom. The van der Waals surface area contributed by atoms with Crippen molar-refractivity contribution in [3.8, 4) is 6.07 Å². The Morgan fingerprint density at radius 1 is 1.32 bits per heavy atom. The van der Waals surface area contributed by atoms with Gasteiger partial charge in [0.1, 0.15) is 11.8 Å². The van der Waals surface area contributed by atoms with Crippen LogP contribution in [0.4, 0.5) is 5.69 Å². The first kappa shape index (κ1) is 12.9. The van der Waals surface area contributed by atoms with Crippen LogP contribution in [0.25, 0.3) is 0 Å². The molecule has 0 radical (unpaired) electrons. The van der Waals surface area contributed by atoms with E-state index in [-0.39, 0.29) is 11.7 Å². The lowest BCUT2D eigenvalue weighted by molar-refractivity contribution is 0.0995. The number of anilines is 1. The van der Waals surface area contributed by atoms with E-state index in [0.29, 0.717) is 30.0 Å². The maximum atomic E-state index is 12.0. The molecule has 96 valence electrons. The van der Waals surface area contributed by atoms with Crippen molar-refractivity contribution >= 4 is 11.6 Å². The highest BCUT2D eigenvalue weighted by molar-refractivity contribution is 6.02. The van der Waals surface area contributed by atoms with Gasteiger partial charge in [-0.25, -0.2) is 0 Å². The Morgan fingerprint density at radius 2 is 2.11 bits per heavy atom. The Labute approximate surface area is 110 Å². The lowest BCUT2D eigenvalue weighted by Gasteiger charge is -2.04. The summed E-state index contributed by atoms with van der Waals surface area (Å²) in [7, 11) is 0. The first-order chi connectivity index (χ1) is 9.24. The number of benzene rings is 1. The summed E-state index contributed by atoms with van der Waals surface area (Å²) >= 11 is 0. The van der Waals surface area contributed by atoms with Crippen molar-refractivity contribution in [1.29, 1.82) is 5.26 Å². The smallest absolute Gasteiger partial charge is 0.291 e. The van der Waals surface area contributed by atoms with E-state index < -0.39 is 0 Å². The zero-order valence-electron chi connectivity index (χ0n) is 10.2. The highest BCUT2D eigenvalue weighted by Gasteiger charge is 2.12. The zero-order valence-corrected chi connectivity index (χ0v) is 10.2. The molecule has 2 rings (SSSR count). The number of nitrogens with one attached hydrogen (secondary N) is 1. The summed E-state index contributed by atoms with van der Waals surface area (Å²) in [5, 5.41) is 11.6. The Hall–Kier alpha value is -2.58. The van der Waals surface area contributed by atoms with Crippen LogP contribution in [0.3, 0.4) is 0 Å². The second-order valence-electron chi connectivity index (χ2n) is 3.92. The van der Waals surface area contributed by atoms with E-state index >= 15 is 0 Å². The van der Waals surface area contributed by atoms with Crippen molar-refractivity contribution in [3.05, 3.63) is 53.5 Å². The number of furan rings is 1. The molecule has 0 fully saturated rings. The molecule has 0 aliphatic rings. The highest BCUT2D eigenvalue weighted by atomic mass is 16.3. The molecule has 0 saturated carbocycles. The molecule has 0 aliphatic heterocycles. The molecular weight excluding hydrogens is 242 g/mol. The fraction of sp³-hybridized carbons (Fsp3) is 0.143. The average Bonchev–Trinajstić information content (AvgIpc) is 2.88. The minimum Gasteiger partial charge on any atom is -0.456 e. The van der Waals surface area contributed by atoms with E-state index in [9.17, 15) is 4.79 Å². The molecule has 3 N–H and O–H groups in total. The number of nitrogens with two attached hydrogens (primary N) is 1. The number of nitrogens with zero attached hydrogens (tertiary/aromatic N) is 1. The molecule has 2 aromatic rings. The summed E-state index contributed by atoms with van der Waals surface area (Å²) in [5.74, 6) is 0.489. The molecule has 0 atom stereocenters. The fourth-order valence-electron chi connectivity index (χ4n) is 1.65. The molecule has 1 amide bonds. The molecule has 0 unspecified atom stereocenters. The van der Waals surface area contributed by atoms with E-state index in [1.165, 1.54) is 0 Å². The van der Waals surface area contributed by atoms with E-state index in [4.69, 9.17) is 15.4 Å². The number of hydrogen-bond acceptors (Lipinski definition) is 4. The van der Waals surface area contributed by atoms with E-state index in [0.717, 1.165) is 0 Å². The zero-order chi connectivity index (χ0) is 13.7. The highest BCUT2D eigenvalue weighted by Crippen LogP contribution is 2.16. The minimum absolute atomic E-state index is 0.205. The normalized spacial score (nSPS) is 9.89. The van der Waals surface area contributed by atoms with Gasteiger partial charge in [0.15, 0.2) is 5.76 Å². The third-order valence-corrected chi connectivity index (χ3v) is 2.57.